The number of carbonyl (C=O) groups excluding carboxylic acids is 2. The van der Waals surface area contributed by atoms with Crippen LogP contribution in [0.5, 0.6) is 5.75 Å². The smallest absolute Gasteiger partial charge is 0.234 e. The van der Waals surface area contributed by atoms with Crippen LogP contribution in [0, 0.1) is 0 Å². The number of piperidine rings is 1. The van der Waals surface area contributed by atoms with E-state index in [0.717, 1.165) is 10.2 Å². The fourth-order valence-corrected chi connectivity index (χ4v) is 2.27. The minimum atomic E-state index is -0.151. The first kappa shape index (κ1) is 12.1. The summed E-state index contributed by atoms with van der Waals surface area (Å²) >= 11 is 3.37. The van der Waals surface area contributed by atoms with Gasteiger partial charge in [0.05, 0.1) is 13.5 Å². The molecule has 1 aliphatic rings. The fourth-order valence-electron chi connectivity index (χ4n) is 1.81. The van der Waals surface area contributed by atoms with Gasteiger partial charge in [0.2, 0.25) is 5.91 Å². The van der Waals surface area contributed by atoms with E-state index in [0.29, 0.717) is 18.7 Å². The van der Waals surface area contributed by atoms with Crippen molar-refractivity contribution in [2.45, 2.75) is 12.8 Å². The highest BCUT2D eigenvalue weighted by Gasteiger charge is 2.25. The first-order valence-electron chi connectivity index (χ1n) is 5.27. The quantitative estimate of drug-likeness (QED) is 0.786. The molecule has 0 aliphatic carbocycles. The summed E-state index contributed by atoms with van der Waals surface area (Å²) in [5.41, 5.74) is 0.758. The summed E-state index contributed by atoms with van der Waals surface area (Å²) in [6.07, 6.45) is 0.412. The average molecular weight is 298 g/mol. The topological polar surface area (TPSA) is 46.6 Å². The SMILES string of the molecule is COc1cc(Br)cc(N2CCC(=O)CC2=O)c1. The summed E-state index contributed by atoms with van der Waals surface area (Å²) in [6, 6.07) is 5.46. The number of carbonyl (C=O) groups is 2. The van der Waals surface area contributed by atoms with E-state index >= 15 is 0 Å². The van der Waals surface area contributed by atoms with Crippen molar-refractivity contribution in [2.75, 3.05) is 18.6 Å². The van der Waals surface area contributed by atoms with Gasteiger partial charge in [-0.15, -0.1) is 0 Å². The molecule has 1 aromatic carbocycles. The van der Waals surface area contributed by atoms with Crippen LogP contribution < -0.4 is 9.64 Å². The minimum Gasteiger partial charge on any atom is -0.497 e. The lowest BCUT2D eigenvalue weighted by Crippen LogP contribution is -2.39. The second kappa shape index (κ2) is 4.87. The van der Waals surface area contributed by atoms with Crippen molar-refractivity contribution in [1.82, 2.24) is 0 Å². The Bertz CT molecular complexity index is 473. The van der Waals surface area contributed by atoms with Crippen LogP contribution in [0.4, 0.5) is 5.69 Å². The number of anilines is 1. The normalized spacial score (nSPS) is 16.2. The van der Waals surface area contributed by atoms with Gasteiger partial charge in [0, 0.05) is 29.2 Å². The second-order valence-corrected chi connectivity index (χ2v) is 4.78. The molecule has 1 heterocycles. The first-order chi connectivity index (χ1) is 8.10. The highest BCUT2D eigenvalue weighted by molar-refractivity contribution is 9.10. The Morgan fingerprint density at radius 1 is 1.29 bits per heavy atom. The molecule has 0 aromatic heterocycles. The predicted molar refractivity (Wildman–Crippen MR) is 67.3 cm³/mol. The van der Waals surface area contributed by atoms with Crippen LogP contribution in [0.15, 0.2) is 22.7 Å². The Morgan fingerprint density at radius 3 is 2.71 bits per heavy atom. The van der Waals surface area contributed by atoms with E-state index in [4.69, 9.17) is 4.74 Å². The largest absolute Gasteiger partial charge is 0.497 e. The van der Waals surface area contributed by atoms with E-state index in [-0.39, 0.29) is 18.1 Å². The van der Waals surface area contributed by atoms with Crippen LogP contribution in [0.25, 0.3) is 0 Å². The Hall–Kier alpha value is -1.36. The molecule has 17 heavy (non-hydrogen) atoms. The van der Waals surface area contributed by atoms with Crippen LogP contribution in [0.1, 0.15) is 12.8 Å². The number of nitrogens with zero attached hydrogens (tertiary/aromatic N) is 1. The molecule has 1 aliphatic heterocycles. The van der Waals surface area contributed by atoms with Crippen LogP contribution in [0.3, 0.4) is 0 Å². The van der Waals surface area contributed by atoms with Crippen molar-refractivity contribution in [3.05, 3.63) is 22.7 Å². The lowest BCUT2D eigenvalue weighted by atomic mass is 10.1. The third-order valence-corrected chi connectivity index (χ3v) is 3.12. The number of halogens is 1. The molecule has 0 N–H and O–H groups in total. The average Bonchev–Trinajstić information content (AvgIpc) is 2.28. The molecule has 1 saturated heterocycles. The summed E-state index contributed by atoms with van der Waals surface area (Å²) in [7, 11) is 1.58. The van der Waals surface area contributed by atoms with Crippen LogP contribution in [0.2, 0.25) is 0 Å². The maximum atomic E-state index is 11.8. The fraction of sp³-hybridized carbons (Fsp3) is 0.333. The molecule has 90 valence electrons. The van der Waals surface area contributed by atoms with E-state index in [1.165, 1.54) is 0 Å². The minimum absolute atomic E-state index is 0.00513. The Kier molecular flexibility index (Phi) is 3.47. The highest BCUT2D eigenvalue weighted by atomic mass is 79.9. The monoisotopic (exact) mass is 297 g/mol. The third-order valence-electron chi connectivity index (χ3n) is 2.67. The third kappa shape index (κ3) is 2.66. The molecule has 1 aromatic rings. The molecular weight excluding hydrogens is 286 g/mol. The molecule has 2 rings (SSSR count). The highest BCUT2D eigenvalue weighted by Crippen LogP contribution is 2.28. The van der Waals surface area contributed by atoms with Gasteiger partial charge in [-0.2, -0.15) is 0 Å². The Morgan fingerprint density at radius 2 is 2.06 bits per heavy atom. The molecule has 0 atom stereocenters. The molecule has 1 amide bonds. The molecule has 0 saturated carbocycles. The van der Waals surface area contributed by atoms with Crippen molar-refractivity contribution in [1.29, 1.82) is 0 Å². The van der Waals surface area contributed by atoms with Crippen molar-refractivity contribution >= 4 is 33.3 Å². The molecule has 0 bridgehead atoms. The zero-order chi connectivity index (χ0) is 12.4. The van der Waals surface area contributed by atoms with Crippen LogP contribution in [-0.2, 0) is 9.59 Å². The lowest BCUT2D eigenvalue weighted by molar-refractivity contribution is -0.128. The predicted octanol–water partition coefficient (Wildman–Crippen LogP) is 2.15. The van der Waals surface area contributed by atoms with Gasteiger partial charge in [0.25, 0.3) is 0 Å². The maximum absolute atomic E-state index is 11.8. The van der Waals surface area contributed by atoms with Crippen molar-refractivity contribution in [2.24, 2.45) is 0 Å². The molecule has 0 radical (unpaired) electrons. The first-order valence-corrected chi connectivity index (χ1v) is 6.06. The van der Waals surface area contributed by atoms with Crippen molar-refractivity contribution in [3.63, 3.8) is 0 Å². The number of Topliss-reactive ketones (excluding diaryl/α,β-unsaturated/α-hetero) is 1. The summed E-state index contributed by atoms with van der Waals surface area (Å²) in [4.78, 5) is 24.5. The van der Waals surface area contributed by atoms with E-state index in [2.05, 4.69) is 15.9 Å². The van der Waals surface area contributed by atoms with Gasteiger partial charge >= 0.3 is 0 Å². The van der Waals surface area contributed by atoms with E-state index in [1.807, 2.05) is 12.1 Å². The standard InChI is InChI=1S/C12H12BrNO3/c1-17-11-5-8(13)4-9(6-11)14-3-2-10(15)7-12(14)16/h4-6H,2-3,7H2,1H3. The van der Waals surface area contributed by atoms with Gasteiger partial charge in [-0.05, 0) is 12.1 Å². The van der Waals surface area contributed by atoms with Gasteiger partial charge in [0.15, 0.2) is 0 Å². The number of ether oxygens (including phenoxy) is 1. The number of hydrogen-bond acceptors (Lipinski definition) is 3. The van der Waals surface area contributed by atoms with Crippen LogP contribution >= 0.6 is 15.9 Å². The van der Waals surface area contributed by atoms with Crippen LogP contribution in [-0.4, -0.2) is 25.3 Å². The molecule has 1 fully saturated rings. The zero-order valence-electron chi connectivity index (χ0n) is 9.40. The second-order valence-electron chi connectivity index (χ2n) is 3.86. The number of hydrogen-bond donors (Lipinski definition) is 0. The van der Waals surface area contributed by atoms with Gasteiger partial charge < -0.3 is 9.64 Å². The number of amides is 1. The van der Waals surface area contributed by atoms with E-state index in [9.17, 15) is 9.59 Å². The Balaban J connectivity index is 2.30. The number of methoxy groups -OCH3 is 1. The molecule has 0 unspecified atom stereocenters. The van der Waals surface area contributed by atoms with Crippen molar-refractivity contribution in [3.8, 4) is 5.75 Å². The lowest BCUT2D eigenvalue weighted by Gasteiger charge is -2.26. The Labute approximate surface area is 108 Å². The van der Waals surface area contributed by atoms with E-state index < -0.39 is 0 Å². The summed E-state index contributed by atoms with van der Waals surface area (Å²) in [5, 5.41) is 0. The van der Waals surface area contributed by atoms with Crippen molar-refractivity contribution < 1.29 is 14.3 Å². The molecule has 4 nitrogen and oxygen atoms in total. The summed E-state index contributed by atoms with van der Waals surface area (Å²) in [5.74, 6) is 0.536. The maximum Gasteiger partial charge on any atom is 0.234 e. The van der Waals surface area contributed by atoms with Gasteiger partial charge in [0.1, 0.15) is 11.5 Å². The number of rotatable bonds is 2. The summed E-state index contributed by atoms with van der Waals surface area (Å²) < 4.78 is 5.99. The number of benzene rings is 1. The van der Waals surface area contributed by atoms with Gasteiger partial charge in [-0.25, -0.2) is 0 Å². The molecular formula is C12H12BrNO3. The van der Waals surface area contributed by atoms with Gasteiger partial charge in [-0.3, -0.25) is 9.59 Å². The number of ketones is 1. The van der Waals surface area contributed by atoms with E-state index in [1.54, 1.807) is 18.1 Å². The molecule has 0 spiro atoms. The summed E-state index contributed by atoms with van der Waals surface area (Å²) in [6.45, 7) is 0.442. The zero-order valence-corrected chi connectivity index (χ0v) is 11.0. The molecule has 5 heteroatoms. The van der Waals surface area contributed by atoms with Gasteiger partial charge in [-0.1, -0.05) is 15.9 Å².